The average Bonchev–Trinajstić information content (AvgIpc) is 2.95. The first-order valence-electron chi connectivity index (χ1n) is 6.62. The molecule has 2 rings (SSSR count). The van der Waals surface area contributed by atoms with Gasteiger partial charge in [0, 0.05) is 37.0 Å². The second-order valence-corrected chi connectivity index (χ2v) is 4.84. The lowest BCUT2D eigenvalue weighted by Crippen LogP contribution is -2.26. The van der Waals surface area contributed by atoms with Crippen molar-refractivity contribution in [2.24, 2.45) is 5.92 Å². The van der Waals surface area contributed by atoms with E-state index in [1.54, 1.807) is 7.05 Å². The highest BCUT2D eigenvalue weighted by molar-refractivity contribution is 5.89. The molecule has 0 saturated carbocycles. The number of carbonyl (C=O) groups is 1. The minimum absolute atomic E-state index is 0.211. The molecule has 1 aromatic carbocycles. The van der Waals surface area contributed by atoms with Crippen molar-refractivity contribution < 1.29 is 9.53 Å². The fraction of sp³-hybridized carbons (Fsp3) is 0.500. The van der Waals surface area contributed by atoms with Crippen LogP contribution in [0.2, 0.25) is 0 Å². The average molecular weight is 263 g/mol. The van der Waals surface area contributed by atoms with Crippen LogP contribution in [0, 0.1) is 5.92 Å². The number of benzene rings is 1. The van der Waals surface area contributed by atoms with Gasteiger partial charge in [0.15, 0.2) is 0 Å². The molecule has 0 radical (unpaired) electrons. The quantitative estimate of drug-likeness (QED) is 0.781. The number of ether oxygens (including phenoxy) is 1. The summed E-state index contributed by atoms with van der Waals surface area (Å²) in [7, 11) is 1.59. The van der Waals surface area contributed by atoms with Crippen LogP contribution in [0.4, 0.5) is 16.2 Å². The van der Waals surface area contributed by atoms with Crippen molar-refractivity contribution in [3.05, 3.63) is 24.3 Å². The molecule has 2 unspecified atom stereocenters. The Bertz CT molecular complexity index is 413. The molecule has 1 fully saturated rings. The molecule has 1 aliphatic rings. The summed E-state index contributed by atoms with van der Waals surface area (Å²) in [6, 6.07) is 7.89. The van der Waals surface area contributed by atoms with Crippen LogP contribution in [0.15, 0.2) is 24.3 Å². The van der Waals surface area contributed by atoms with Gasteiger partial charge in [0.25, 0.3) is 0 Å². The molecule has 1 heterocycles. The Labute approximate surface area is 113 Å². The molecule has 0 spiro atoms. The maximum Gasteiger partial charge on any atom is 0.318 e. The first-order valence-corrected chi connectivity index (χ1v) is 6.62. The summed E-state index contributed by atoms with van der Waals surface area (Å²) in [5.41, 5.74) is 1.84. The Morgan fingerprint density at radius 2 is 2.00 bits per heavy atom. The van der Waals surface area contributed by atoms with Gasteiger partial charge in [0.2, 0.25) is 0 Å². The van der Waals surface area contributed by atoms with Crippen LogP contribution in [0.3, 0.4) is 0 Å². The van der Waals surface area contributed by atoms with Crippen LogP contribution in [-0.4, -0.2) is 32.3 Å². The van der Waals surface area contributed by atoms with E-state index >= 15 is 0 Å². The highest BCUT2D eigenvalue weighted by atomic mass is 16.5. The first-order chi connectivity index (χ1) is 9.19. The van der Waals surface area contributed by atoms with Crippen molar-refractivity contribution >= 4 is 17.4 Å². The molecule has 1 aliphatic heterocycles. The number of hydrogen-bond acceptors (Lipinski definition) is 3. The number of urea groups is 1. The molecule has 19 heavy (non-hydrogen) atoms. The molecule has 0 bridgehead atoms. The Morgan fingerprint density at radius 3 is 2.58 bits per heavy atom. The summed E-state index contributed by atoms with van der Waals surface area (Å²) < 4.78 is 5.40. The smallest absolute Gasteiger partial charge is 0.318 e. The Balaban J connectivity index is 1.89. The molecule has 1 saturated heterocycles. The maximum absolute atomic E-state index is 11.2. The highest BCUT2D eigenvalue weighted by Crippen LogP contribution is 2.21. The van der Waals surface area contributed by atoms with Crippen LogP contribution in [0.5, 0.6) is 0 Å². The van der Waals surface area contributed by atoms with E-state index in [-0.39, 0.29) is 6.03 Å². The third kappa shape index (κ3) is 3.86. The standard InChI is InChI=1S/C14H21N3O2/c1-10(11-7-8-19-9-11)16-12-3-5-13(6-4-12)17-14(18)15-2/h3-6,10-11,16H,7-9H2,1-2H3,(H2,15,17,18). The number of carbonyl (C=O) groups excluding carboxylic acids is 1. The molecule has 0 aliphatic carbocycles. The summed E-state index contributed by atoms with van der Waals surface area (Å²) in [4.78, 5) is 11.2. The van der Waals surface area contributed by atoms with Crippen molar-refractivity contribution in [2.45, 2.75) is 19.4 Å². The van der Waals surface area contributed by atoms with Crippen LogP contribution >= 0.6 is 0 Å². The molecule has 104 valence electrons. The zero-order valence-corrected chi connectivity index (χ0v) is 11.4. The van der Waals surface area contributed by atoms with Crippen molar-refractivity contribution in [1.29, 1.82) is 0 Å². The lowest BCUT2D eigenvalue weighted by molar-refractivity contribution is 0.183. The van der Waals surface area contributed by atoms with E-state index in [9.17, 15) is 4.79 Å². The molecule has 0 aromatic heterocycles. The minimum Gasteiger partial charge on any atom is -0.382 e. The van der Waals surface area contributed by atoms with Crippen LogP contribution in [0.25, 0.3) is 0 Å². The number of amides is 2. The topological polar surface area (TPSA) is 62.4 Å². The second-order valence-electron chi connectivity index (χ2n) is 4.84. The highest BCUT2D eigenvalue weighted by Gasteiger charge is 2.21. The lowest BCUT2D eigenvalue weighted by atomic mass is 10.0. The van der Waals surface area contributed by atoms with Gasteiger partial charge in [0.1, 0.15) is 0 Å². The van der Waals surface area contributed by atoms with E-state index in [0.29, 0.717) is 12.0 Å². The third-order valence-corrected chi connectivity index (χ3v) is 3.44. The Hall–Kier alpha value is -1.75. The fourth-order valence-electron chi connectivity index (χ4n) is 2.17. The van der Waals surface area contributed by atoms with Gasteiger partial charge in [0.05, 0.1) is 6.61 Å². The molecular weight excluding hydrogens is 242 g/mol. The van der Waals surface area contributed by atoms with Crippen molar-refractivity contribution in [1.82, 2.24) is 5.32 Å². The number of anilines is 2. The largest absolute Gasteiger partial charge is 0.382 e. The van der Waals surface area contributed by atoms with E-state index in [1.807, 2.05) is 24.3 Å². The normalized spacial score (nSPS) is 19.8. The predicted octanol–water partition coefficient (Wildman–Crippen LogP) is 2.27. The van der Waals surface area contributed by atoms with Crippen LogP contribution in [-0.2, 0) is 4.74 Å². The number of rotatable bonds is 4. The SMILES string of the molecule is CNC(=O)Nc1ccc(NC(C)C2CCOC2)cc1. The predicted molar refractivity (Wildman–Crippen MR) is 76.5 cm³/mol. The van der Waals surface area contributed by atoms with E-state index in [1.165, 1.54) is 0 Å². The molecule has 2 amide bonds. The summed E-state index contributed by atoms with van der Waals surface area (Å²) in [6.07, 6.45) is 1.12. The van der Waals surface area contributed by atoms with E-state index in [0.717, 1.165) is 31.0 Å². The van der Waals surface area contributed by atoms with Crippen molar-refractivity contribution in [3.8, 4) is 0 Å². The lowest BCUT2D eigenvalue weighted by Gasteiger charge is -2.20. The molecule has 2 atom stereocenters. The summed E-state index contributed by atoms with van der Waals surface area (Å²) >= 11 is 0. The van der Waals surface area contributed by atoms with Gasteiger partial charge in [-0.1, -0.05) is 0 Å². The minimum atomic E-state index is -0.211. The zero-order chi connectivity index (χ0) is 13.7. The Morgan fingerprint density at radius 1 is 1.32 bits per heavy atom. The second kappa shape index (κ2) is 6.43. The van der Waals surface area contributed by atoms with Gasteiger partial charge in [-0.3, -0.25) is 0 Å². The number of hydrogen-bond donors (Lipinski definition) is 3. The van der Waals surface area contributed by atoms with Gasteiger partial charge in [-0.15, -0.1) is 0 Å². The van der Waals surface area contributed by atoms with Gasteiger partial charge < -0.3 is 20.7 Å². The van der Waals surface area contributed by atoms with Gasteiger partial charge in [-0.2, -0.15) is 0 Å². The maximum atomic E-state index is 11.2. The fourth-order valence-corrected chi connectivity index (χ4v) is 2.17. The zero-order valence-electron chi connectivity index (χ0n) is 11.4. The van der Waals surface area contributed by atoms with E-state index in [2.05, 4.69) is 22.9 Å². The van der Waals surface area contributed by atoms with E-state index < -0.39 is 0 Å². The van der Waals surface area contributed by atoms with Gasteiger partial charge in [-0.05, 0) is 37.6 Å². The first kappa shape index (κ1) is 13.7. The van der Waals surface area contributed by atoms with Gasteiger partial charge in [-0.25, -0.2) is 4.79 Å². The summed E-state index contributed by atoms with van der Waals surface area (Å²) in [6.45, 7) is 3.88. The monoisotopic (exact) mass is 263 g/mol. The molecule has 3 N–H and O–H groups in total. The summed E-state index contributed by atoms with van der Waals surface area (Å²) in [5.74, 6) is 0.573. The Kier molecular flexibility index (Phi) is 4.63. The molecule has 5 heteroatoms. The van der Waals surface area contributed by atoms with Crippen LogP contribution < -0.4 is 16.0 Å². The van der Waals surface area contributed by atoms with E-state index in [4.69, 9.17) is 4.74 Å². The molecule has 5 nitrogen and oxygen atoms in total. The van der Waals surface area contributed by atoms with Gasteiger partial charge >= 0.3 is 6.03 Å². The molecular formula is C14H21N3O2. The number of nitrogens with one attached hydrogen (secondary N) is 3. The van der Waals surface area contributed by atoms with Crippen molar-refractivity contribution in [2.75, 3.05) is 30.9 Å². The van der Waals surface area contributed by atoms with Crippen LogP contribution in [0.1, 0.15) is 13.3 Å². The third-order valence-electron chi connectivity index (χ3n) is 3.44. The summed E-state index contributed by atoms with van der Waals surface area (Å²) in [5, 5.41) is 8.72. The van der Waals surface area contributed by atoms with Crippen molar-refractivity contribution in [3.63, 3.8) is 0 Å². The molecule has 1 aromatic rings.